The minimum Gasteiger partial charge on any atom is -0.353 e. The van der Waals surface area contributed by atoms with Crippen LogP contribution in [0.5, 0.6) is 0 Å². The van der Waals surface area contributed by atoms with E-state index in [2.05, 4.69) is 12.2 Å². The molecule has 94 valence electrons. The Morgan fingerprint density at radius 1 is 1.38 bits per heavy atom. The molecule has 4 heteroatoms. The summed E-state index contributed by atoms with van der Waals surface area (Å²) in [5, 5.41) is 3.14. The highest BCUT2D eigenvalue weighted by atomic mass is 32.2. The van der Waals surface area contributed by atoms with E-state index in [-0.39, 0.29) is 5.91 Å². The summed E-state index contributed by atoms with van der Waals surface area (Å²) in [6.07, 6.45) is 5.52. The van der Waals surface area contributed by atoms with E-state index in [1.807, 2.05) is 23.5 Å². The molecule has 1 N–H and O–H groups in total. The average Bonchev–Trinajstić information content (AvgIpc) is 2.30. The summed E-state index contributed by atoms with van der Waals surface area (Å²) in [7, 11) is 0. The van der Waals surface area contributed by atoms with E-state index in [1.54, 1.807) is 0 Å². The van der Waals surface area contributed by atoms with E-state index in [0.29, 0.717) is 12.5 Å². The van der Waals surface area contributed by atoms with Crippen LogP contribution in [0.1, 0.15) is 39.0 Å². The van der Waals surface area contributed by atoms with E-state index in [9.17, 15) is 4.79 Å². The van der Waals surface area contributed by atoms with Crippen LogP contribution in [0.25, 0.3) is 0 Å². The molecule has 2 nitrogen and oxygen atoms in total. The SMILES string of the molecule is CCCCSCCC(=O)NC1CCSCC1. The maximum atomic E-state index is 11.6. The minimum atomic E-state index is 0.251. The van der Waals surface area contributed by atoms with Crippen molar-refractivity contribution in [1.82, 2.24) is 5.32 Å². The minimum absolute atomic E-state index is 0.251. The van der Waals surface area contributed by atoms with Crippen LogP contribution in [0.15, 0.2) is 0 Å². The van der Waals surface area contributed by atoms with E-state index in [0.717, 1.165) is 18.6 Å². The molecule has 0 radical (unpaired) electrons. The molecule has 1 rings (SSSR count). The third-order valence-electron chi connectivity index (χ3n) is 2.70. The van der Waals surface area contributed by atoms with Crippen molar-refractivity contribution in [2.24, 2.45) is 0 Å². The monoisotopic (exact) mass is 261 g/mol. The lowest BCUT2D eigenvalue weighted by Gasteiger charge is -2.22. The van der Waals surface area contributed by atoms with Gasteiger partial charge in [-0.15, -0.1) is 0 Å². The summed E-state index contributed by atoms with van der Waals surface area (Å²) in [6.45, 7) is 2.20. The average molecular weight is 261 g/mol. The molecule has 1 amide bonds. The molecule has 0 aromatic carbocycles. The first-order valence-corrected chi connectivity index (χ1v) is 8.58. The number of hydrogen-bond acceptors (Lipinski definition) is 3. The van der Waals surface area contributed by atoms with Gasteiger partial charge in [0.15, 0.2) is 0 Å². The maximum absolute atomic E-state index is 11.6. The molecular weight excluding hydrogens is 238 g/mol. The van der Waals surface area contributed by atoms with Crippen LogP contribution < -0.4 is 5.32 Å². The van der Waals surface area contributed by atoms with Crippen molar-refractivity contribution in [3.63, 3.8) is 0 Å². The first kappa shape index (κ1) is 14.2. The van der Waals surface area contributed by atoms with Crippen LogP contribution in [0.3, 0.4) is 0 Å². The third-order valence-corrected chi connectivity index (χ3v) is 4.82. The molecule has 0 bridgehead atoms. The first-order chi connectivity index (χ1) is 7.83. The Bertz CT molecular complexity index is 193. The Hall–Kier alpha value is 0.170. The number of amides is 1. The summed E-state index contributed by atoms with van der Waals surface area (Å²) in [6, 6.07) is 0.453. The molecule has 0 unspecified atom stereocenters. The second-order valence-electron chi connectivity index (χ2n) is 4.17. The van der Waals surface area contributed by atoms with Gasteiger partial charge in [0.2, 0.25) is 5.91 Å². The quantitative estimate of drug-likeness (QED) is 0.715. The topological polar surface area (TPSA) is 29.1 Å². The second-order valence-corrected chi connectivity index (χ2v) is 6.62. The molecule has 1 heterocycles. The fraction of sp³-hybridized carbons (Fsp3) is 0.917. The molecule has 0 atom stereocenters. The van der Waals surface area contributed by atoms with Crippen molar-refractivity contribution in [1.29, 1.82) is 0 Å². The summed E-state index contributed by atoms with van der Waals surface area (Å²) >= 11 is 3.90. The van der Waals surface area contributed by atoms with Gasteiger partial charge in [-0.3, -0.25) is 4.79 Å². The standard InChI is InChI=1S/C12H23NOS2/c1-2-3-7-15-10-6-12(14)13-11-4-8-16-9-5-11/h11H,2-10H2,1H3,(H,13,14). The smallest absolute Gasteiger partial charge is 0.221 e. The van der Waals surface area contributed by atoms with E-state index >= 15 is 0 Å². The normalized spacial score (nSPS) is 17.3. The van der Waals surface area contributed by atoms with Gasteiger partial charge in [-0.2, -0.15) is 23.5 Å². The van der Waals surface area contributed by atoms with Crippen LogP contribution in [0.2, 0.25) is 0 Å². The predicted molar refractivity (Wildman–Crippen MR) is 75.3 cm³/mol. The summed E-state index contributed by atoms with van der Waals surface area (Å²) in [4.78, 5) is 11.6. The van der Waals surface area contributed by atoms with Crippen molar-refractivity contribution in [2.45, 2.75) is 45.1 Å². The number of thioether (sulfide) groups is 2. The summed E-state index contributed by atoms with van der Waals surface area (Å²) in [5.74, 6) is 4.84. The van der Waals surface area contributed by atoms with Gasteiger partial charge in [0.1, 0.15) is 0 Å². The molecule has 1 fully saturated rings. The number of carbonyl (C=O) groups excluding carboxylic acids is 1. The van der Waals surface area contributed by atoms with E-state index in [4.69, 9.17) is 0 Å². The summed E-state index contributed by atoms with van der Waals surface area (Å²) in [5.41, 5.74) is 0. The zero-order valence-corrected chi connectivity index (χ0v) is 11.8. The van der Waals surface area contributed by atoms with Gasteiger partial charge in [0, 0.05) is 18.2 Å². The molecule has 0 spiro atoms. The van der Waals surface area contributed by atoms with Gasteiger partial charge in [-0.05, 0) is 36.5 Å². The highest BCUT2D eigenvalue weighted by Crippen LogP contribution is 2.17. The summed E-state index contributed by atoms with van der Waals surface area (Å²) < 4.78 is 0. The lowest BCUT2D eigenvalue weighted by atomic mass is 10.1. The van der Waals surface area contributed by atoms with Crippen molar-refractivity contribution in [3.8, 4) is 0 Å². The van der Waals surface area contributed by atoms with Gasteiger partial charge in [0.05, 0.1) is 0 Å². The number of carbonyl (C=O) groups is 1. The molecule has 0 aromatic rings. The fourth-order valence-corrected chi connectivity index (χ4v) is 3.79. The van der Waals surface area contributed by atoms with Crippen molar-refractivity contribution in [3.05, 3.63) is 0 Å². The van der Waals surface area contributed by atoms with Crippen molar-refractivity contribution in [2.75, 3.05) is 23.0 Å². The Labute approximate surface area is 108 Å². The molecule has 0 aliphatic carbocycles. The molecule has 0 saturated carbocycles. The van der Waals surface area contributed by atoms with Crippen LogP contribution in [-0.2, 0) is 4.79 Å². The van der Waals surface area contributed by atoms with Gasteiger partial charge >= 0.3 is 0 Å². The van der Waals surface area contributed by atoms with Gasteiger partial charge in [-0.1, -0.05) is 13.3 Å². The van der Waals surface area contributed by atoms with Gasteiger partial charge in [0.25, 0.3) is 0 Å². The Balaban J connectivity index is 1.97. The van der Waals surface area contributed by atoms with Gasteiger partial charge < -0.3 is 5.32 Å². The molecule has 0 aromatic heterocycles. The maximum Gasteiger partial charge on any atom is 0.221 e. The lowest BCUT2D eigenvalue weighted by Crippen LogP contribution is -2.37. The molecule has 1 saturated heterocycles. The predicted octanol–water partition coefficient (Wildman–Crippen LogP) is 2.92. The fourth-order valence-electron chi connectivity index (χ4n) is 1.66. The lowest BCUT2D eigenvalue weighted by molar-refractivity contribution is -0.121. The Morgan fingerprint density at radius 2 is 2.12 bits per heavy atom. The number of rotatable bonds is 7. The largest absolute Gasteiger partial charge is 0.353 e. The molecular formula is C12H23NOS2. The van der Waals surface area contributed by atoms with Crippen molar-refractivity contribution < 1.29 is 4.79 Å². The second kappa shape index (κ2) is 9.23. The van der Waals surface area contributed by atoms with Crippen LogP contribution >= 0.6 is 23.5 Å². The zero-order chi connectivity index (χ0) is 11.6. The van der Waals surface area contributed by atoms with E-state index in [1.165, 1.54) is 30.1 Å². The highest BCUT2D eigenvalue weighted by molar-refractivity contribution is 7.99. The number of nitrogens with one attached hydrogen (secondary N) is 1. The van der Waals surface area contributed by atoms with Crippen LogP contribution in [0, 0.1) is 0 Å². The Kier molecular flexibility index (Phi) is 8.21. The van der Waals surface area contributed by atoms with E-state index < -0.39 is 0 Å². The van der Waals surface area contributed by atoms with Crippen LogP contribution in [0.4, 0.5) is 0 Å². The highest BCUT2D eigenvalue weighted by Gasteiger charge is 2.15. The third kappa shape index (κ3) is 6.69. The molecule has 16 heavy (non-hydrogen) atoms. The zero-order valence-electron chi connectivity index (χ0n) is 10.2. The number of hydrogen-bond donors (Lipinski definition) is 1. The van der Waals surface area contributed by atoms with Crippen molar-refractivity contribution >= 4 is 29.4 Å². The van der Waals surface area contributed by atoms with Crippen LogP contribution in [-0.4, -0.2) is 35.0 Å². The Morgan fingerprint density at radius 3 is 2.81 bits per heavy atom. The first-order valence-electron chi connectivity index (χ1n) is 6.27. The molecule has 1 aliphatic rings. The van der Waals surface area contributed by atoms with Gasteiger partial charge in [-0.25, -0.2) is 0 Å². The number of unbranched alkanes of at least 4 members (excludes halogenated alkanes) is 1. The molecule has 1 aliphatic heterocycles.